The van der Waals surface area contributed by atoms with E-state index in [0.29, 0.717) is 0 Å². The Labute approximate surface area is 460 Å². The van der Waals surface area contributed by atoms with Gasteiger partial charge in [0.1, 0.15) is 73.5 Å². The molecule has 4 fully saturated rings. The average Bonchev–Trinajstić information content (AvgIpc) is 3.57. The lowest BCUT2D eigenvalue weighted by Crippen LogP contribution is -2.76. The molecule has 460 valence electrons. The SMILES string of the molecule is CO[C@]1(CO)O[C@@H](O[C@H]2[C@H](N(C)C)[C@H](NC(C)=O)[C@H](O[C@H]3[C@H](NC(C)=O)[C@@H](NC(C)=O)[C@H](O[C@H]4[C@@H](O)[C@@H](CO)O[C@@H](NC(=O)CC(N)C(=O)O)[C@@H]4NC(C)=O)O[C@@H]3C(=O)O)O[C@@H]2C(=O)NC(C(=O)O)C(C)O)[C@H](NC(C)=O)[C@@H](O)[C@@H]1O. The maximum absolute atomic E-state index is 14.6. The summed E-state index contributed by atoms with van der Waals surface area (Å²) in [5, 5.41) is 112. The summed E-state index contributed by atoms with van der Waals surface area (Å²) in [6.07, 6.45) is -29.7. The maximum atomic E-state index is 14.6. The van der Waals surface area contributed by atoms with Crippen molar-refractivity contribution in [1.29, 1.82) is 0 Å². The van der Waals surface area contributed by atoms with E-state index in [2.05, 4.69) is 37.2 Å². The van der Waals surface area contributed by atoms with Crippen molar-refractivity contribution in [3.8, 4) is 0 Å². The molecule has 81 heavy (non-hydrogen) atoms. The molecular weight excluding hydrogens is 1100 g/mol. The van der Waals surface area contributed by atoms with Gasteiger partial charge >= 0.3 is 17.9 Å². The number of methoxy groups -OCH3 is 1. The molecule has 36 heteroatoms. The smallest absolute Gasteiger partial charge is 0.335 e. The van der Waals surface area contributed by atoms with Gasteiger partial charge in [0.05, 0.1) is 37.3 Å². The van der Waals surface area contributed by atoms with Crippen LogP contribution in [0.25, 0.3) is 0 Å². The van der Waals surface area contributed by atoms with E-state index in [0.717, 1.165) is 48.7 Å². The summed E-state index contributed by atoms with van der Waals surface area (Å²) < 4.78 is 48.1. The van der Waals surface area contributed by atoms with Crippen LogP contribution >= 0.6 is 0 Å². The third-order valence-corrected chi connectivity index (χ3v) is 13.3. The Morgan fingerprint density at radius 3 is 1.60 bits per heavy atom. The summed E-state index contributed by atoms with van der Waals surface area (Å²) in [6, 6.07) is -14.5. The van der Waals surface area contributed by atoms with Gasteiger partial charge in [-0.25, -0.2) is 9.59 Å². The number of carbonyl (C=O) groups excluding carboxylic acids is 7. The second-order valence-electron chi connectivity index (χ2n) is 19.7. The summed E-state index contributed by atoms with van der Waals surface area (Å²) in [5.41, 5.74) is 5.53. The summed E-state index contributed by atoms with van der Waals surface area (Å²) in [6.45, 7) is 3.71. The van der Waals surface area contributed by atoms with Crippen LogP contribution in [0.2, 0.25) is 0 Å². The van der Waals surface area contributed by atoms with Crippen LogP contribution in [0, 0.1) is 0 Å². The number of rotatable bonds is 24. The Bertz CT molecular complexity index is 2280. The highest BCUT2D eigenvalue weighted by Gasteiger charge is 2.61. The lowest BCUT2D eigenvalue weighted by atomic mass is 9.89. The topological polar surface area (TPSA) is 540 Å². The fourth-order valence-corrected chi connectivity index (χ4v) is 9.67. The van der Waals surface area contributed by atoms with Gasteiger partial charge in [0.2, 0.25) is 41.2 Å². The van der Waals surface area contributed by atoms with E-state index in [1.165, 1.54) is 19.0 Å². The summed E-state index contributed by atoms with van der Waals surface area (Å²) in [7, 11) is 3.66. The fourth-order valence-electron chi connectivity index (χ4n) is 9.67. The molecule has 36 nitrogen and oxygen atoms in total. The van der Waals surface area contributed by atoms with Gasteiger partial charge in [0.25, 0.3) is 5.91 Å². The van der Waals surface area contributed by atoms with E-state index in [9.17, 15) is 93.9 Å². The van der Waals surface area contributed by atoms with Crippen molar-refractivity contribution in [2.45, 2.75) is 188 Å². The van der Waals surface area contributed by atoms with Gasteiger partial charge in [-0.15, -0.1) is 0 Å². The van der Waals surface area contributed by atoms with E-state index in [1.54, 1.807) is 0 Å². The standard InChI is InChI=1S/C45H73N9O27/c1-13(57)22(40(70)71)53-37(67)34-33(78-44-26(50-17(5)61)30(65)36(66)45(12-56,74-9)81-44)28(54(7)8)25(49-16(4)60)43(79-34)77-32-23(47-14(2)58)24(48-15(3)59)42(80-35(32)41(72)73)76-31-27(51-18(6)62)38(75-20(11-55)29(31)64)52-21(63)10-19(46)39(68)69/h13,19-20,22-36,38,42-44,55-57,64-66H,10-12,46H2,1-9H3,(H,47,58)(H,48,59)(H,49,60)(H,50,61)(H,51,62)(H,52,63)(H,53,67)(H,68,69)(H,70,71)(H,72,73)/t13?,19?,20-,22?,23-,24-,25+,26-,27-,28-,29+,30-,31-,32+,33+,34+,35+,36+,38-,42-,43-,44-,45-/m1/s1. The molecule has 0 aromatic heterocycles. The lowest BCUT2D eigenvalue weighted by molar-refractivity contribution is -0.401. The molecule has 4 rings (SSSR count). The van der Waals surface area contributed by atoms with Gasteiger partial charge in [0.15, 0.2) is 43.3 Å². The highest BCUT2D eigenvalue weighted by atomic mass is 16.8. The highest BCUT2D eigenvalue weighted by Crippen LogP contribution is 2.38. The number of carboxylic acid groups (broad SMARTS) is 3. The normalized spacial score (nSPS) is 36.1. The van der Waals surface area contributed by atoms with Crippen molar-refractivity contribution >= 4 is 59.3 Å². The van der Waals surface area contributed by atoms with Gasteiger partial charge < -0.3 is 132 Å². The monoisotopic (exact) mass is 1170 g/mol. The Morgan fingerprint density at radius 2 is 1.12 bits per heavy atom. The van der Waals surface area contributed by atoms with Crippen LogP contribution in [0.4, 0.5) is 0 Å². The molecule has 0 spiro atoms. The number of hydrogen-bond acceptors (Lipinski definition) is 26. The van der Waals surface area contributed by atoms with Crippen molar-refractivity contribution in [2.75, 3.05) is 34.4 Å². The molecule has 4 heterocycles. The molecule has 0 aromatic carbocycles. The first-order chi connectivity index (χ1) is 37.7. The predicted molar refractivity (Wildman–Crippen MR) is 260 cm³/mol. The predicted octanol–water partition coefficient (Wildman–Crippen LogP) is -10.5. The Kier molecular flexibility index (Phi) is 24.1. The number of aliphatic hydroxyl groups excluding tert-OH is 6. The molecule has 4 saturated heterocycles. The van der Waals surface area contributed by atoms with Crippen molar-refractivity contribution in [1.82, 2.24) is 42.1 Å². The minimum atomic E-state index is -2.51. The molecule has 0 aromatic rings. The number of hydrogen-bond donors (Lipinski definition) is 17. The zero-order valence-corrected chi connectivity index (χ0v) is 45.2. The third-order valence-electron chi connectivity index (χ3n) is 13.3. The fraction of sp³-hybridized carbons (Fsp3) is 0.778. The van der Waals surface area contributed by atoms with E-state index < -0.39 is 219 Å². The van der Waals surface area contributed by atoms with Gasteiger partial charge in [-0.3, -0.25) is 38.4 Å². The lowest BCUT2D eigenvalue weighted by Gasteiger charge is -2.53. The second-order valence-corrected chi connectivity index (χ2v) is 19.7. The number of nitrogens with two attached hydrogens (primary N) is 1. The quantitative estimate of drug-likeness (QED) is 0.0427. The van der Waals surface area contributed by atoms with Crippen LogP contribution in [-0.2, 0) is 85.8 Å². The molecule has 7 amide bonds. The van der Waals surface area contributed by atoms with Crippen LogP contribution < -0.4 is 43.0 Å². The number of nitrogens with zero attached hydrogens (tertiary/aromatic N) is 1. The number of amides is 7. The van der Waals surface area contributed by atoms with Crippen molar-refractivity contribution in [2.24, 2.45) is 5.73 Å². The Hall–Kier alpha value is -5.94. The molecular formula is C45H73N9O27. The van der Waals surface area contributed by atoms with Gasteiger partial charge in [-0.2, -0.15) is 0 Å². The van der Waals surface area contributed by atoms with Crippen molar-refractivity contribution in [3.63, 3.8) is 0 Å². The molecule has 4 aliphatic rings. The van der Waals surface area contributed by atoms with Crippen LogP contribution in [0.1, 0.15) is 48.0 Å². The van der Waals surface area contributed by atoms with Crippen LogP contribution in [0.5, 0.6) is 0 Å². The second kappa shape index (κ2) is 28.8. The number of aliphatic carboxylic acids is 3. The zero-order valence-electron chi connectivity index (χ0n) is 45.2. The van der Waals surface area contributed by atoms with E-state index in [4.69, 9.17) is 43.6 Å². The van der Waals surface area contributed by atoms with E-state index >= 15 is 0 Å². The highest BCUT2D eigenvalue weighted by molar-refractivity contribution is 5.87. The Morgan fingerprint density at radius 1 is 0.630 bits per heavy atom. The largest absolute Gasteiger partial charge is 0.480 e. The van der Waals surface area contributed by atoms with Gasteiger partial charge in [0, 0.05) is 41.7 Å². The number of aliphatic hydroxyl groups is 6. The third kappa shape index (κ3) is 16.4. The minimum absolute atomic E-state index is 0.845. The van der Waals surface area contributed by atoms with Crippen molar-refractivity contribution in [3.05, 3.63) is 0 Å². The molecule has 3 unspecified atom stereocenters. The maximum Gasteiger partial charge on any atom is 0.335 e. The first kappa shape index (κ1) is 67.6. The Balaban J connectivity index is 1.94. The molecule has 0 bridgehead atoms. The van der Waals surface area contributed by atoms with Gasteiger partial charge in [-0.1, -0.05) is 0 Å². The molecule has 23 atom stereocenters. The van der Waals surface area contributed by atoms with Crippen LogP contribution in [-0.4, -0.2) is 285 Å². The summed E-state index contributed by atoms with van der Waals surface area (Å²) in [4.78, 5) is 131. The number of carboxylic acids is 3. The number of likely N-dealkylation sites (N-methyl/N-ethyl adjacent to an activating group) is 1. The molecule has 18 N–H and O–H groups in total. The van der Waals surface area contributed by atoms with Crippen LogP contribution in [0.15, 0.2) is 0 Å². The molecule has 0 radical (unpaired) electrons. The average molecular weight is 1170 g/mol. The molecule has 0 aliphatic carbocycles. The number of carbonyl (C=O) groups is 10. The summed E-state index contributed by atoms with van der Waals surface area (Å²) >= 11 is 0. The van der Waals surface area contributed by atoms with Gasteiger partial charge in [-0.05, 0) is 21.0 Å². The molecule has 4 aliphatic heterocycles. The summed E-state index contributed by atoms with van der Waals surface area (Å²) in [5.74, 6) is -14.8. The van der Waals surface area contributed by atoms with Crippen LogP contribution in [0.3, 0.4) is 0 Å². The van der Waals surface area contributed by atoms with E-state index in [-0.39, 0.29) is 0 Å². The minimum Gasteiger partial charge on any atom is -0.480 e. The molecule has 0 saturated carbocycles. The van der Waals surface area contributed by atoms with E-state index in [1.807, 2.05) is 0 Å². The zero-order chi connectivity index (χ0) is 61.3. The first-order valence-electron chi connectivity index (χ1n) is 24.9. The van der Waals surface area contributed by atoms with Crippen molar-refractivity contribution < 1.29 is 132 Å². The number of nitrogens with one attached hydrogen (secondary N) is 7. The number of ether oxygens (including phenoxy) is 8. The first-order valence-corrected chi connectivity index (χ1v) is 24.9.